The highest BCUT2D eigenvalue weighted by Crippen LogP contribution is 2.40. The van der Waals surface area contributed by atoms with E-state index < -0.39 is 0 Å². The largest absolute Gasteiger partial charge is 0.507 e. The number of benzene rings is 2. The molecule has 0 aliphatic rings. The molecule has 2 rings (SSSR count). The second-order valence-electron chi connectivity index (χ2n) is 5.64. The molecule has 3 heteroatoms. The fourth-order valence-electron chi connectivity index (χ4n) is 1.72. The summed E-state index contributed by atoms with van der Waals surface area (Å²) in [4.78, 5) is 0. The minimum atomic E-state index is -0.00625. The number of phenolic OH excluding ortho intramolecular Hbond substituents is 2. The molecule has 0 heterocycles. The molecule has 0 radical (unpaired) electrons. The van der Waals surface area contributed by atoms with Gasteiger partial charge >= 0.3 is 0 Å². The van der Waals surface area contributed by atoms with Crippen molar-refractivity contribution in [3.63, 3.8) is 0 Å². The van der Waals surface area contributed by atoms with Gasteiger partial charge in [0.15, 0.2) is 11.5 Å². The third-order valence-corrected chi connectivity index (χ3v) is 2.62. The van der Waals surface area contributed by atoms with Crippen molar-refractivity contribution < 1.29 is 14.9 Å². The summed E-state index contributed by atoms with van der Waals surface area (Å²) in [7, 11) is 0. The Labute approximate surface area is 107 Å². The number of hydrogen-bond acceptors (Lipinski definition) is 3. The zero-order chi connectivity index (χ0) is 13.3. The Balaban J connectivity index is 2.43. The van der Waals surface area contributed by atoms with Crippen molar-refractivity contribution in [2.24, 2.45) is 5.41 Å². The average Bonchev–Trinajstić information content (AvgIpc) is 2.31. The van der Waals surface area contributed by atoms with Crippen LogP contribution in [0.4, 0.5) is 0 Å². The SMILES string of the molecule is CC(C)(C)COc1cc(O)c2ccccc2c1O. The van der Waals surface area contributed by atoms with Crippen LogP contribution in [0.15, 0.2) is 30.3 Å². The van der Waals surface area contributed by atoms with Crippen molar-refractivity contribution in [3.8, 4) is 17.2 Å². The molecule has 18 heavy (non-hydrogen) atoms. The van der Waals surface area contributed by atoms with Gasteiger partial charge in [0.2, 0.25) is 0 Å². The Bertz CT molecular complexity index is 568. The molecule has 2 aromatic rings. The Morgan fingerprint density at radius 1 is 1.06 bits per heavy atom. The first-order valence-electron chi connectivity index (χ1n) is 5.95. The summed E-state index contributed by atoms with van der Waals surface area (Å²) in [6.07, 6.45) is 0. The third kappa shape index (κ3) is 2.50. The molecule has 0 aliphatic heterocycles. The molecule has 0 atom stereocenters. The third-order valence-electron chi connectivity index (χ3n) is 2.62. The molecule has 0 amide bonds. The van der Waals surface area contributed by atoms with Crippen LogP contribution < -0.4 is 4.74 Å². The predicted octanol–water partition coefficient (Wildman–Crippen LogP) is 3.68. The van der Waals surface area contributed by atoms with Crippen molar-refractivity contribution in [1.82, 2.24) is 0 Å². The average molecular weight is 246 g/mol. The highest BCUT2D eigenvalue weighted by atomic mass is 16.5. The van der Waals surface area contributed by atoms with Crippen molar-refractivity contribution in [1.29, 1.82) is 0 Å². The lowest BCUT2D eigenvalue weighted by Crippen LogP contribution is -2.16. The molecule has 0 saturated carbocycles. The minimum absolute atomic E-state index is 0.00625. The molecule has 0 aromatic heterocycles. The maximum atomic E-state index is 10.1. The molecule has 0 unspecified atom stereocenters. The lowest BCUT2D eigenvalue weighted by atomic mass is 9.98. The number of fused-ring (bicyclic) bond motifs is 1. The van der Waals surface area contributed by atoms with Crippen LogP contribution in [0.2, 0.25) is 0 Å². The van der Waals surface area contributed by atoms with Crippen molar-refractivity contribution >= 4 is 10.8 Å². The van der Waals surface area contributed by atoms with Gasteiger partial charge in [-0.25, -0.2) is 0 Å². The Kier molecular flexibility index (Phi) is 3.07. The van der Waals surface area contributed by atoms with Crippen LogP contribution in [-0.2, 0) is 0 Å². The molecular weight excluding hydrogens is 228 g/mol. The highest BCUT2D eigenvalue weighted by molar-refractivity contribution is 5.95. The number of hydrogen-bond donors (Lipinski definition) is 2. The molecule has 0 bridgehead atoms. The quantitative estimate of drug-likeness (QED) is 0.795. The van der Waals surface area contributed by atoms with Gasteiger partial charge in [0.05, 0.1) is 6.61 Å². The second-order valence-corrected chi connectivity index (χ2v) is 5.64. The summed E-state index contributed by atoms with van der Waals surface area (Å²) in [5, 5.41) is 21.3. The first kappa shape index (κ1) is 12.6. The van der Waals surface area contributed by atoms with Gasteiger partial charge in [0, 0.05) is 16.8 Å². The van der Waals surface area contributed by atoms with Gasteiger partial charge in [-0.3, -0.25) is 0 Å². The normalized spacial score (nSPS) is 11.7. The predicted molar refractivity (Wildman–Crippen MR) is 72.2 cm³/mol. The monoisotopic (exact) mass is 246 g/mol. The van der Waals surface area contributed by atoms with Gasteiger partial charge in [-0.1, -0.05) is 45.0 Å². The molecule has 96 valence electrons. The molecule has 0 saturated heterocycles. The summed E-state index contributed by atoms with van der Waals surface area (Å²) in [5.74, 6) is 0.515. The minimum Gasteiger partial charge on any atom is -0.507 e. The summed E-state index contributed by atoms with van der Waals surface area (Å²) in [6, 6.07) is 8.61. The maximum Gasteiger partial charge on any atom is 0.165 e. The molecule has 0 aliphatic carbocycles. The van der Waals surface area contributed by atoms with E-state index in [1.807, 2.05) is 32.9 Å². The molecule has 3 nitrogen and oxygen atoms in total. The molecule has 2 N–H and O–H groups in total. The van der Waals surface area contributed by atoms with E-state index in [4.69, 9.17) is 4.74 Å². The van der Waals surface area contributed by atoms with Crippen LogP contribution in [0.3, 0.4) is 0 Å². The van der Waals surface area contributed by atoms with Gasteiger partial charge in [-0.15, -0.1) is 0 Å². The van der Waals surface area contributed by atoms with Crippen molar-refractivity contribution in [3.05, 3.63) is 30.3 Å². The summed E-state index contributed by atoms with van der Waals surface area (Å²) < 4.78 is 5.58. The molecular formula is C15H18O3. The van der Waals surface area contributed by atoms with E-state index in [-0.39, 0.29) is 16.9 Å². The smallest absolute Gasteiger partial charge is 0.165 e. The van der Waals surface area contributed by atoms with E-state index in [2.05, 4.69) is 0 Å². The lowest BCUT2D eigenvalue weighted by molar-refractivity contribution is 0.192. The summed E-state index contributed by atoms with van der Waals surface area (Å²) >= 11 is 0. The van der Waals surface area contributed by atoms with E-state index >= 15 is 0 Å². The van der Waals surface area contributed by atoms with E-state index in [9.17, 15) is 10.2 Å². The number of ether oxygens (including phenoxy) is 1. The van der Waals surface area contributed by atoms with E-state index in [0.717, 1.165) is 0 Å². The fraction of sp³-hybridized carbons (Fsp3) is 0.333. The van der Waals surface area contributed by atoms with Gasteiger partial charge in [-0.05, 0) is 5.41 Å². The maximum absolute atomic E-state index is 10.1. The fourth-order valence-corrected chi connectivity index (χ4v) is 1.72. The summed E-state index contributed by atoms with van der Waals surface area (Å²) in [5.41, 5.74) is -0.00625. The van der Waals surface area contributed by atoms with Crippen LogP contribution in [0.25, 0.3) is 10.8 Å². The summed E-state index contributed by atoms with van der Waals surface area (Å²) in [6.45, 7) is 6.61. The Hall–Kier alpha value is -1.90. The van der Waals surface area contributed by atoms with E-state index in [0.29, 0.717) is 23.1 Å². The van der Waals surface area contributed by atoms with Gasteiger partial charge in [0.25, 0.3) is 0 Å². The first-order valence-corrected chi connectivity index (χ1v) is 5.95. The first-order chi connectivity index (χ1) is 8.38. The molecule has 0 spiro atoms. The zero-order valence-electron chi connectivity index (χ0n) is 10.9. The highest BCUT2D eigenvalue weighted by Gasteiger charge is 2.15. The number of aromatic hydroxyl groups is 2. The van der Waals surface area contributed by atoms with Crippen LogP contribution in [0.1, 0.15) is 20.8 Å². The standard InChI is InChI=1S/C15H18O3/c1-15(2,3)9-18-13-8-12(16)10-6-4-5-7-11(10)14(13)17/h4-8,16-17H,9H2,1-3H3. The van der Waals surface area contributed by atoms with E-state index in [1.54, 1.807) is 12.1 Å². The molecule has 2 aromatic carbocycles. The van der Waals surface area contributed by atoms with Crippen LogP contribution in [0.5, 0.6) is 17.2 Å². The lowest BCUT2D eigenvalue weighted by Gasteiger charge is -2.20. The van der Waals surface area contributed by atoms with Crippen molar-refractivity contribution in [2.75, 3.05) is 6.61 Å². The van der Waals surface area contributed by atoms with Crippen LogP contribution in [-0.4, -0.2) is 16.8 Å². The Morgan fingerprint density at radius 2 is 1.67 bits per heavy atom. The van der Waals surface area contributed by atoms with Gasteiger partial charge in [-0.2, -0.15) is 0 Å². The number of rotatable bonds is 2. The zero-order valence-corrected chi connectivity index (χ0v) is 10.9. The van der Waals surface area contributed by atoms with Crippen molar-refractivity contribution in [2.45, 2.75) is 20.8 Å². The second kappa shape index (κ2) is 4.41. The van der Waals surface area contributed by atoms with Crippen LogP contribution >= 0.6 is 0 Å². The van der Waals surface area contributed by atoms with Gasteiger partial charge in [0.1, 0.15) is 5.75 Å². The topological polar surface area (TPSA) is 49.7 Å². The van der Waals surface area contributed by atoms with Crippen LogP contribution in [0, 0.1) is 5.41 Å². The van der Waals surface area contributed by atoms with E-state index in [1.165, 1.54) is 6.07 Å². The number of phenols is 2. The Morgan fingerprint density at radius 3 is 2.28 bits per heavy atom. The molecule has 0 fully saturated rings. The van der Waals surface area contributed by atoms with Gasteiger partial charge < -0.3 is 14.9 Å².